The third kappa shape index (κ3) is 2.95. The first-order valence-corrected chi connectivity index (χ1v) is 9.75. The van der Waals surface area contributed by atoms with Gasteiger partial charge in [0, 0.05) is 44.0 Å². The average molecular weight is 372 g/mol. The highest BCUT2D eigenvalue weighted by atomic mass is 32.1. The summed E-state index contributed by atoms with van der Waals surface area (Å²) < 4.78 is 5.28. The molecule has 0 bridgehead atoms. The van der Waals surface area contributed by atoms with Crippen LogP contribution in [0.5, 0.6) is 5.75 Å². The minimum absolute atomic E-state index is 0.0493. The largest absolute Gasteiger partial charge is 0.497 e. The van der Waals surface area contributed by atoms with Crippen molar-refractivity contribution in [2.24, 2.45) is 11.8 Å². The van der Waals surface area contributed by atoms with E-state index in [1.54, 1.807) is 7.11 Å². The highest BCUT2D eigenvalue weighted by Gasteiger charge is 2.47. The Balaban J connectivity index is 1.51. The van der Waals surface area contributed by atoms with Gasteiger partial charge in [0.25, 0.3) is 5.91 Å². The molecule has 0 saturated carbocycles. The molecule has 1 aromatic carbocycles. The molecule has 4 rings (SSSR count). The van der Waals surface area contributed by atoms with Gasteiger partial charge in [0.05, 0.1) is 7.11 Å². The van der Waals surface area contributed by atoms with Crippen LogP contribution < -0.4 is 10.1 Å². The van der Waals surface area contributed by atoms with E-state index in [-0.39, 0.29) is 5.91 Å². The summed E-state index contributed by atoms with van der Waals surface area (Å²) in [5.74, 6) is 1.89. The van der Waals surface area contributed by atoms with E-state index >= 15 is 0 Å². The fourth-order valence-corrected chi connectivity index (χ4v) is 5.02. The van der Waals surface area contributed by atoms with Crippen LogP contribution in [0.25, 0.3) is 0 Å². The van der Waals surface area contributed by atoms with Crippen molar-refractivity contribution >= 4 is 22.4 Å². The standard InChI is InChI=1S/C19H24N4O2S/c1-20-19-21-16(11-26-19)18(24)23-9-13-8-22(2)17(15(13)10-23)12-4-6-14(25-3)7-5-12/h4-7,11,13,15,17H,8-10H2,1-3H3,(H,20,21)/t13-,15+,17+/m0/s1. The first-order valence-electron chi connectivity index (χ1n) is 8.87. The summed E-state index contributed by atoms with van der Waals surface area (Å²) in [5, 5.41) is 5.62. The van der Waals surface area contributed by atoms with Crippen LogP contribution in [0.2, 0.25) is 0 Å². The van der Waals surface area contributed by atoms with Crippen LogP contribution in [0.1, 0.15) is 22.1 Å². The van der Waals surface area contributed by atoms with Gasteiger partial charge in [-0.1, -0.05) is 12.1 Å². The molecule has 0 radical (unpaired) electrons. The molecule has 0 unspecified atom stereocenters. The number of hydrogen-bond donors (Lipinski definition) is 1. The van der Waals surface area contributed by atoms with Crippen LogP contribution in [0.4, 0.5) is 5.13 Å². The molecule has 138 valence electrons. The number of likely N-dealkylation sites (tertiary alicyclic amines) is 2. The zero-order valence-corrected chi connectivity index (χ0v) is 16.1. The lowest BCUT2D eigenvalue weighted by Gasteiger charge is -2.26. The number of hydrogen-bond acceptors (Lipinski definition) is 6. The summed E-state index contributed by atoms with van der Waals surface area (Å²) in [5.41, 5.74) is 1.84. The van der Waals surface area contributed by atoms with E-state index < -0.39 is 0 Å². The average Bonchev–Trinajstić information content (AvgIpc) is 3.35. The molecule has 7 heteroatoms. The van der Waals surface area contributed by atoms with Gasteiger partial charge in [0.15, 0.2) is 5.13 Å². The number of anilines is 1. The number of aromatic nitrogens is 1. The van der Waals surface area contributed by atoms with Crippen molar-refractivity contribution in [1.29, 1.82) is 0 Å². The maximum Gasteiger partial charge on any atom is 0.273 e. The molecular formula is C19H24N4O2S. The monoisotopic (exact) mass is 372 g/mol. The van der Waals surface area contributed by atoms with Crippen molar-refractivity contribution < 1.29 is 9.53 Å². The Bertz CT molecular complexity index is 791. The lowest BCUT2D eigenvalue weighted by atomic mass is 9.89. The molecule has 2 aliphatic rings. The number of benzene rings is 1. The maximum absolute atomic E-state index is 12.8. The SMILES string of the molecule is CNc1nc(C(=O)N2C[C@@H]3CN(C)[C@H](c4ccc(OC)cc4)[C@@H]3C2)cs1. The van der Waals surface area contributed by atoms with Crippen LogP contribution >= 0.6 is 11.3 Å². The number of ether oxygens (including phenoxy) is 1. The molecule has 2 aliphatic heterocycles. The number of thiazole rings is 1. The fourth-order valence-electron chi connectivity index (χ4n) is 4.38. The van der Waals surface area contributed by atoms with Gasteiger partial charge in [-0.25, -0.2) is 4.98 Å². The number of carbonyl (C=O) groups is 1. The molecule has 1 aromatic heterocycles. The van der Waals surface area contributed by atoms with Crippen LogP contribution in [-0.4, -0.2) is 61.5 Å². The third-order valence-corrected chi connectivity index (χ3v) is 6.44. The predicted molar refractivity (Wildman–Crippen MR) is 103 cm³/mol. The Labute approximate surface area is 157 Å². The van der Waals surface area contributed by atoms with E-state index in [4.69, 9.17) is 4.74 Å². The summed E-state index contributed by atoms with van der Waals surface area (Å²) >= 11 is 1.47. The Morgan fingerprint density at radius 3 is 2.69 bits per heavy atom. The Hall–Kier alpha value is -2.12. The normalized spacial score (nSPS) is 25.3. The van der Waals surface area contributed by atoms with E-state index in [2.05, 4.69) is 34.4 Å². The molecule has 0 spiro atoms. The van der Waals surface area contributed by atoms with Gasteiger partial charge in [-0.2, -0.15) is 0 Å². The van der Waals surface area contributed by atoms with E-state index in [9.17, 15) is 4.79 Å². The highest BCUT2D eigenvalue weighted by Crippen LogP contribution is 2.44. The summed E-state index contributed by atoms with van der Waals surface area (Å²) in [4.78, 5) is 21.6. The summed E-state index contributed by atoms with van der Waals surface area (Å²) in [7, 11) is 5.69. The van der Waals surface area contributed by atoms with Crippen LogP contribution in [0.15, 0.2) is 29.6 Å². The number of methoxy groups -OCH3 is 1. The first-order chi connectivity index (χ1) is 12.6. The van der Waals surface area contributed by atoms with Gasteiger partial charge in [0.1, 0.15) is 11.4 Å². The van der Waals surface area contributed by atoms with Crippen molar-refractivity contribution in [3.05, 3.63) is 40.9 Å². The van der Waals surface area contributed by atoms with Gasteiger partial charge in [-0.3, -0.25) is 9.69 Å². The lowest BCUT2D eigenvalue weighted by molar-refractivity contribution is 0.0763. The van der Waals surface area contributed by atoms with Crippen molar-refractivity contribution in [3.63, 3.8) is 0 Å². The number of nitrogens with one attached hydrogen (secondary N) is 1. The van der Waals surface area contributed by atoms with E-state index in [0.717, 1.165) is 30.5 Å². The molecule has 1 N–H and O–H groups in total. The summed E-state index contributed by atoms with van der Waals surface area (Å²) in [6.07, 6.45) is 0. The zero-order valence-electron chi connectivity index (χ0n) is 15.3. The highest BCUT2D eigenvalue weighted by molar-refractivity contribution is 7.13. The molecule has 2 saturated heterocycles. The van der Waals surface area contributed by atoms with Crippen molar-refractivity contribution in [2.75, 3.05) is 46.2 Å². The smallest absolute Gasteiger partial charge is 0.273 e. The van der Waals surface area contributed by atoms with Crippen LogP contribution in [0, 0.1) is 11.8 Å². The minimum atomic E-state index is 0.0493. The maximum atomic E-state index is 12.8. The second-order valence-corrected chi connectivity index (χ2v) is 7.94. The molecule has 0 aliphatic carbocycles. The molecule has 3 atom stereocenters. The zero-order chi connectivity index (χ0) is 18.3. The van der Waals surface area contributed by atoms with Gasteiger partial charge >= 0.3 is 0 Å². The number of fused-ring (bicyclic) bond motifs is 1. The first kappa shape index (κ1) is 17.3. The third-order valence-electron chi connectivity index (χ3n) is 5.58. The van der Waals surface area contributed by atoms with E-state index in [1.165, 1.54) is 16.9 Å². The summed E-state index contributed by atoms with van der Waals surface area (Å²) in [6, 6.07) is 8.66. The number of rotatable bonds is 4. The molecule has 3 heterocycles. The molecular weight excluding hydrogens is 348 g/mol. The van der Waals surface area contributed by atoms with Gasteiger partial charge in [0.2, 0.25) is 0 Å². The van der Waals surface area contributed by atoms with Gasteiger partial charge in [-0.05, 0) is 30.7 Å². The lowest BCUT2D eigenvalue weighted by Crippen LogP contribution is -2.33. The second kappa shape index (κ2) is 6.89. The predicted octanol–water partition coefficient (Wildman–Crippen LogP) is 2.57. The number of carbonyl (C=O) groups excluding carboxylic acids is 1. The van der Waals surface area contributed by atoms with Crippen molar-refractivity contribution in [1.82, 2.24) is 14.8 Å². The number of nitrogens with zero attached hydrogens (tertiary/aromatic N) is 3. The van der Waals surface area contributed by atoms with E-state index in [0.29, 0.717) is 23.6 Å². The minimum Gasteiger partial charge on any atom is -0.497 e. The molecule has 6 nitrogen and oxygen atoms in total. The number of amides is 1. The molecule has 26 heavy (non-hydrogen) atoms. The second-order valence-electron chi connectivity index (χ2n) is 7.08. The van der Waals surface area contributed by atoms with Crippen molar-refractivity contribution in [2.45, 2.75) is 6.04 Å². The van der Waals surface area contributed by atoms with Crippen LogP contribution in [0.3, 0.4) is 0 Å². The van der Waals surface area contributed by atoms with Crippen molar-refractivity contribution in [3.8, 4) is 5.75 Å². The molecule has 2 aromatic rings. The van der Waals surface area contributed by atoms with Gasteiger partial charge in [-0.15, -0.1) is 11.3 Å². The Morgan fingerprint density at radius 1 is 1.27 bits per heavy atom. The topological polar surface area (TPSA) is 57.7 Å². The fraction of sp³-hybridized carbons (Fsp3) is 0.474. The van der Waals surface area contributed by atoms with E-state index in [1.807, 2.05) is 29.5 Å². The molecule has 2 fully saturated rings. The van der Waals surface area contributed by atoms with Crippen LogP contribution in [-0.2, 0) is 0 Å². The quantitative estimate of drug-likeness (QED) is 0.894. The Kier molecular flexibility index (Phi) is 4.58. The van der Waals surface area contributed by atoms with Gasteiger partial charge < -0.3 is 15.0 Å². The summed E-state index contributed by atoms with van der Waals surface area (Å²) in [6.45, 7) is 2.62. The molecule has 1 amide bonds. The Morgan fingerprint density at radius 2 is 2.04 bits per heavy atom.